The van der Waals surface area contributed by atoms with Crippen LogP contribution in [-0.2, 0) is 9.59 Å². The van der Waals surface area contributed by atoms with E-state index >= 15 is 0 Å². The van der Waals surface area contributed by atoms with Crippen molar-refractivity contribution in [3.8, 4) is 0 Å². The third-order valence-electron chi connectivity index (χ3n) is 2.79. The molecule has 0 heterocycles. The molecule has 18 heavy (non-hydrogen) atoms. The average molecular weight is 259 g/mol. The highest BCUT2D eigenvalue weighted by molar-refractivity contribution is 5.77. The maximum atomic E-state index is 11.8. The summed E-state index contributed by atoms with van der Waals surface area (Å²) in [5, 5.41) is 17.4. The second-order valence-corrected chi connectivity index (χ2v) is 4.41. The van der Waals surface area contributed by atoms with Crippen molar-refractivity contribution in [2.45, 2.75) is 51.9 Å². The van der Waals surface area contributed by atoms with Gasteiger partial charge in [0.05, 0.1) is 6.61 Å². The Morgan fingerprint density at radius 2 is 1.72 bits per heavy atom. The van der Waals surface area contributed by atoms with E-state index in [1.807, 2.05) is 0 Å². The van der Waals surface area contributed by atoms with E-state index < -0.39 is 5.97 Å². The van der Waals surface area contributed by atoms with E-state index in [9.17, 15) is 9.59 Å². The van der Waals surface area contributed by atoms with Gasteiger partial charge in [-0.3, -0.25) is 9.59 Å². The molecule has 0 atom stereocenters. The summed E-state index contributed by atoms with van der Waals surface area (Å²) in [6, 6.07) is 0. The van der Waals surface area contributed by atoms with Crippen LogP contribution >= 0.6 is 0 Å². The summed E-state index contributed by atoms with van der Waals surface area (Å²) in [4.78, 5) is 23.8. The molecule has 0 aromatic rings. The van der Waals surface area contributed by atoms with Crippen molar-refractivity contribution in [1.29, 1.82) is 0 Å². The predicted octanol–water partition coefficient (Wildman–Crippen LogP) is 1.64. The molecule has 0 spiro atoms. The lowest BCUT2D eigenvalue weighted by atomic mass is 10.2. The van der Waals surface area contributed by atoms with E-state index in [0.29, 0.717) is 19.5 Å². The quantitative estimate of drug-likeness (QED) is 0.553. The van der Waals surface area contributed by atoms with Crippen molar-refractivity contribution >= 4 is 11.9 Å². The first-order valence-corrected chi connectivity index (χ1v) is 6.72. The van der Waals surface area contributed by atoms with Gasteiger partial charge in [0.15, 0.2) is 0 Å². The molecule has 2 N–H and O–H groups in total. The molecule has 0 radical (unpaired) electrons. The van der Waals surface area contributed by atoms with E-state index in [4.69, 9.17) is 10.2 Å². The van der Waals surface area contributed by atoms with Gasteiger partial charge in [0.1, 0.15) is 0 Å². The van der Waals surface area contributed by atoms with Crippen LogP contribution in [0.3, 0.4) is 0 Å². The molecule has 0 aliphatic carbocycles. The summed E-state index contributed by atoms with van der Waals surface area (Å²) in [5.41, 5.74) is 0. The number of hydrogen-bond donors (Lipinski definition) is 2. The van der Waals surface area contributed by atoms with Gasteiger partial charge in [-0.1, -0.05) is 26.2 Å². The first-order valence-electron chi connectivity index (χ1n) is 6.72. The van der Waals surface area contributed by atoms with Crippen LogP contribution in [0.1, 0.15) is 51.9 Å². The smallest absolute Gasteiger partial charge is 0.303 e. The van der Waals surface area contributed by atoms with Gasteiger partial charge in [0, 0.05) is 25.9 Å². The van der Waals surface area contributed by atoms with E-state index in [0.717, 1.165) is 25.7 Å². The Kier molecular flexibility index (Phi) is 10.3. The summed E-state index contributed by atoms with van der Waals surface area (Å²) >= 11 is 0. The molecule has 0 aliphatic heterocycles. The number of carboxylic acid groups (broad SMARTS) is 1. The highest BCUT2D eigenvalue weighted by atomic mass is 16.4. The van der Waals surface area contributed by atoms with Crippen LogP contribution in [-0.4, -0.2) is 46.7 Å². The highest BCUT2D eigenvalue weighted by Gasteiger charge is 2.12. The number of amides is 1. The zero-order chi connectivity index (χ0) is 13.8. The molecule has 0 fully saturated rings. The molecule has 0 unspecified atom stereocenters. The number of carbonyl (C=O) groups is 2. The van der Waals surface area contributed by atoms with Crippen LogP contribution in [0.15, 0.2) is 0 Å². The molecule has 0 aromatic heterocycles. The van der Waals surface area contributed by atoms with Crippen molar-refractivity contribution < 1.29 is 19.8 Å². The van der Waals surface area contributed by atoms with Crippen molar-refractivity contribution in [3.05, 3.63) is 0 Å². The number of aliphatic hydroxyl groups excluding tert-OH is 1. The summed E-state index contributed by atoms with van der Waals surface area (Å²) < 4.78 is 0. The van der Waals surface area contributed by atoms with Crippen LogP contribution in [0.4, 0.5) is 0 Å². The van der Waals surface area contributed by atoms with Gasteiger partial charge in [-0.15, -0.1) is 0 Å². The largest absolute Gasteiger partial charge is 0.481 e. The average Bonchev–Trinajstić information content (AvgIpc) is 2.32. The van der Waals surface area contributed by atoms with Gasteiger partial charge < -0.3 is 15.1 Å². The number of unbranched alkanes of at least 4 members (excludes halogenated alkanes) is 3. The minimum absolute atomic E-state index is 0.0224. The monoisotopic (exact) mass is 259 g/mol. The Hall–Kier alpha value is -1.10. The fraction of sp³-hybridized carbons (Fsp3) is 0.846. The molecule has 0 rings (SSSR count). The Morgan fingerprint density at radius 1 is 1.00 bits per heavy atom. The van der Waals surface area contributed by atoms with Crippen molar-refractivity contribution in [2.24, 2.45) is 0 Å². The molecular weight excluding hydrogens is 234 g/mol. The van der Waals surface area contributed by atoms with Crippen molar-refractivity contribution in [1.82, 2.24) is 4.90 Å². The number of hydrogen-bond acceptors (Lipinski definition) is 3. The Bertz CT molecular complexity index is 243. The van der Waals surface area contributed by atoms with Crippen molar-refractivity contribution in [2.75, 3.05) is 19.7 Å². The van der Waals surface area contributed by atoms with E-state index in [2.05, 4.69) is 6.92 Å². The molecule has 0 saturated heterocycles. The summed E-state index contributed by atoms with van der Waals surface area (Å²) in [7, 11) is 0. The van der Waals surface area contributed by atoms with Crippen molar-refractivity contribution in [3.63, 3.8) is 0 Å². The number of aliphatic hydroxyl groups is 1. The van der Waals surface area contributed by atoms with Gasteiger partial charge >= 0.3 is 5.97 Å². The van der Waals surface area contributed by atoms with Gasteiger partial charge in [0.25, 0.3) is 0 Å². The van der Waals surface area contributed by atoms with Gasteiger partial charge in [-0.05, 0) is 12.8 Å². The molecule has 5 heteroatoms. The second-order valence-electron chi connectivity index (χ2n) is 4.41. The van der Waals surface area contributed by atoms with E-state index in [1.54, 1.807) is 4.90 Å². The molecule has 0 aromatic carbocycles. The third kappa shape index (κ3) is 8.98. The maximum absolute atomic E-state index is 11.8. The summed E-state index contributed by atoms with van der Waals surface area (Å²) in [5.74, 6) is -0.929. The van der Waals surface area contributed by atoms with Crippen LogP contribution in [0, 0.1) is 0 Å². The molecule has 0 bridgehead atoms. The maximum Gasteiger partial charge on any atom is 0.303 e. The Morgan fingerprint density at radius 3 is 2.28 bits per heavy atom. The molecule has 106 valence electrons. The molecular formula is C13H25NO4. The van der Waals surface area contributed by atoms with E-state index in [-0.39, 0.29) is 25.4 Å². The lowest BCUT2D eigenvalue weighted by Gasteiger charge is -2.21. The minimum Gasteiger partial charge on any atom is -0.481 e. The van der Waals surface area contributed by atoms with Gasteiger partial charge in [-0.25, -0.2) is 0 Å². The van der Waals surface area contributed by atoms with Crippen LogP contribution in [0.2, 0.25) is 0 Å². The van der Waals surface area contributed by atoms with Crippen LogP contribution in [0.5, 0.6) is 0 Å². The fourth-order valence-corrected chi connectivity index (χ4v) is 1.76. The lowest BCUT2D eigenvalue weighted by molar-refractivity contribution is -0.137. The SMILES string of the molecule is CCCCCCN(CCO)C(=O)CCCC(=O)O. The Labute approximate surface area is 109 Å². The Balaban J connectivity index is 3.90. The number of aliphatic carboxylic acids is 1. The molecule has 0 aliphatic rings. The zero-order valence-electron chi connectivity index (χ0n) is 11.2. The first kappa shape index (κ1) is 16.9. The highest BCUT2D eigenvalue weighted by Crippen LogP contribution is 2.05. The summed E-state index contributed by atoms with van der Waals surface area (Å²) in [6.45, 7) is 3.09. The van der Waals surface area contributed by atoms with E-state index in [1.165, 1.54) is 0 Å². The fourth-order valence-electron chi connectivity index (χ4n) is 1.76. The first-order chi connectivity index (χ1) is 8.61. The standard InChI is InChI=1S/C13H25NO4/c1-2-3-4-5-9-14(10-11-15)12(16)7-6-8-13(17)18/h15H,2-11H2,1H3,(H,17,18). The normalized spacial score (nSPS) is 10.3. The van der Waals surface area contributed by atoms with Crippen LogP contribution in [0.25, 0.3) is 0 Å². The number of carbonyl (C=O) groups excluding carboxylic acids is 1. The second kappa shape index (κ2) is 11.0. The molecule has 0 saturated carbocycles. The molecule has 1 amide bonds. The predicted molar refractivity (Wildman–Crippen MR) is 69.3 cm³/mol. The van der Waals surface area contributed by atoms with Gasteiger partial charge in [-0.2, -0.15) is 0 Å². The third-order valence-corrected chi connectivity index (χ3v) is 2.79. The molecule has 5 nitrogen and oxygen atoms in total. The zero-order valence-corrected chi connectivity index (χ0v) is 11.2. The minimum atomic E-state index is -0.876. The number of carboxylic acids is 1. The lowest BCUT2D eigenvalue weighted by Crippen LogP contribution is -2.34. The van der Waals surface area contributed by atoms with Crippen LogP contribution < -0.4 is 0 Å². The topological polar surface area (TPSA) is 77.8 Å². The van der Waals surface area contributed by atoms with Gasteiger partial charge in [0.2, 0.25) is 5.91 Å². The number of rotatable bonds is 11. The summed E-state index contributed by atoms with van der Waals surface area (Å²) in [6.07, 6.45) is 4.96. The number of nitrogens with zero attached hydrogens (tertiary/aromatic N) is 1.